The Bertz CT molecular complexity index is 946. The van der Waals surface area contributed by atoms with Gasteiger partial charge in [-0.3, -0.25) is 0 Å². The van der Waals surface area contributed by atoms with Gasteiger partial charge in [0, 0.05) is 41.8 Å². The fourth-order valence-electron chi connectivity index (χ4n) is 3.28. The van der Waals surface area contributed by atoms with Crippen LogP contribution < -0.4 is 5.32 Å². The van der Waals surface area contributed by atoms with Gasteiger partial charge < -0.3 is 19.9 Å². The Morgan fingerprint density at radius 2 is 1.96 bits per heavy atom. The number of benzene rings is 1. The molecule has 1 aliphatic rings. The topological polar surface area (TPSA) is 89.4 Å². The highest BCUT2D eigenvalue weighted by Crippen LogP contribution is 2.27. The van der Waals surface area contributed by atoms with Crippen molar-refractivity contribution in [2.75, 3.05) is 11.9 Å². The van der Waals surface area contributed by atoms with Crippen LogP contribution >= 0.6 is 0 Å². The van der Waals surface area contributed by atoms with Crippen LogP contribution in [0.25, 0.3) is 10.8 Å². The van der Waals surface area contributed by atoms with Crippen molar-refractivity contribution in [3.05, 3.63) is 53.9 Å². The largest absolute Gasteiger partial charge is 0.493 e. The SMILES string of the molecule is CC(C)[C@H]1OCC[C@H](Nc2nnc(Cc3ccc(O)nc3)c3ccccc23)O1. The summed E-state index contributed by atoms with van der Waals surface area (Å²) in [5.41, 5.74) is 1.83. The Kier molecular flexibility index (Phi) is 5.36. The van der Waals surface area contributed by atoms with Gasteiger partial charge in [-0.25, -0.2) is 4.98 Å². The first-order valence-corrected chi connectivity index (χ1v) is 9.52. The molecule has 1 saturated heterocycles. The van der Waals surface area contributed by atoms with Crippen LogP contribution in [-0.4, -0.2) is 39.4 Å². The van der Waals surface area contributed by atoms with Gasteiger partial charge in [0.25, 0.3) is 0 Å². The van der Waals surface area contributed by atoms with E-state index in [-0.39, 0.29) is 24.3 Å². The molecular weight excluding hydrogens is 356 g/mol. The number of nitrogens with zero attached hydrogens (tertiary/aromatic N) is 3. The first kappa shape index (κ1) is 18.6. The molecule has 0 bridgehead atoms. The van der Waals surface area contributed by atoms with Crippen LogP contribution in [-0.2, 0) is 15.9 Å². The number of ether oxygens (including phenoxy) is 2. The number of nitrogens with one attached hydrogen (secondary N) is 1. The summed E-state index contributed by atoms with van der Waals surface area (Å²) in [6.45, 7) is 4.81. The minimum atomic E-state index is -0.216. The van der Waals surface area contributed by atoms with Gasteiger partial charge in [-0.15, -0.1) is 5.10 Å². The number of rotatable bonds is 5. The van der Waals surface area contributed by atoms with Crippen molar-refractivity contribution >= 4 is 16.6 Å². The predicted octanol–water partition coefficient (Wildman–Crippen LogP) is 3.48. The second-order valence-electron chi connectivity index (χ2n) is 7.28. The number of hydrogen-bond donors (Lipinski definition) is 2. The smallest absolute Gasteiger partial charge is 0.210 e. The molecule has 0 aliphatic carbocycles. The van der Waals surface area contributed by atoms with Gasteiger partial charge in [0.15, 0.2) is 12.1 Å². The van der Waals surface area contributed by atoms with Crippen molar-refractivity contribution in [1.29, 1.82) is 0 Å². The Morgan fingerprint density at radius 1 is 1.14 bits per heavy atom. The van der Waals surface area contributed by atoms with Crippen LogP contribution in [0, 0.1) is 5.92 Å². The Labute approximate surface area is 163 Å². The zero-order valence-electron chi connectivity index (χ0n) is 16.0. The van der Waals surface area contributed by atoms with Crippen molar-refractivity contribution < 1.29 is 14.6 Å². The summed E-state index contributed by atoms with van der Waals surface area (Å²) in [6, 6.07) is 11.5. The fourth-order valence-corrected chi connectivity index (χ4v) is 3.28. The molecule has 146 valence electrons. The highest BCUT2D eigenvalue weighted by molar-refractivity contribution is 5.93. The zero-order chi connectivity index (χ0) is 19.5. The van der Waals surface area contributed by atoms with Gasteiger partial charge in [-0.2, -0.15) is 5.10 Å². The Hall–Kier alpha value is -2.77. The third kappa shape index (κ3) is 4.05. The summed E-state index contributed by atoms with van der Waals surface area (Å²) in [7, 11) is 0. The molecule has 3 aromatic rings. The molecule has 7 nitrogen and oxygen atoms in total. The van der Waals surface area contributed by atoms with Gasteiger partial charge in [0.05, 0.1) is 12.3 Å². The van der Waals surface area contributed by atoms with E-state index >= 15 is 0 Å². The Balaban J connectivity index is 1.59. The lowest BCUT2D eigenvalue weighted by Gasteiger charge is -2.33. The molecule has 3 heterocycles. The monoisotopic (exact) mass is 380 g/mol. The molecule has 28 heavy (non-hydrogen) atoms. The van der Waals surface area contributed by atoms with E-state index in [0.29, 0.717) is 18.8 Å². The lowest BCUT2D eigenvalue weighted by molar-refractivity contribution is -0.223. The minimum Gasteiger partial charge on any atom is -0.493 e. The number of hydrogen-bond acceptors (Lipinski definition) is 7. The van der Waals surface area contributed by atoms with E-state index in [9.17, 15) is 5.11 Å². The number of pyridine rings is 1. The second kappa shape index (κ2) is 8.08. The van der Waals surface area contributed by atoms with Crippen LogP contribution in [0.4, 0.5) is 5.82 Å². The molecule has 0 unspecified atom stereocenters. The van der Waals surface area contributed by atoms with Gasteiger partial charge in [0.1, 0.15) is 6.23 Å². The number of aromatic hydroxyl groups is 1. The molecular formula is C21H24N4O3. The molecule has 2 N–H and O–H groups in total. The molecule has 2 atom stereocenters. The summed E-state index contributed by atoms with van der Waals surface area (Å²) >= 11 is 0. The van der Waals surface area contributed by atoms with E-state index in [2.05, 4.69) is 34.3 Å². The van der Waals surface area contributed by atoms with Crippen molar-refractivity contribution in [2.24, 2.45) is 5.92 Å². The highest BCUT2D eigenvalue weighted by Gasteiger charge is 2.26. The highest BCUT2D eigenvalue weighted by atomic mass is 16.7. The lowest BCUT2D eigenvalue weighted by Crippen LogP contribution is -2.39. The van der Waals surface area contributed by atoms with E-state index in [4.69, 9.17) is 9.47 Å². The molecule has 0 spiro atoms. The summed E-state index contributed by atoms with van der Waals surface area (Å²) < 4.78 is 11.7. The normalized spacial score (nSPS) is 19.8. The second-order valence-corrected chi connectivity index (χ2v) is 7.28. The molecule has 1 aliphatic heterocycles. The van der Waals surface area contributed by atoms with Gasteiger partial charge in [-0.05, 0) is 5.56 Å². The summed E-state index contributed by atoms with van der Waals surface area (Å²) in [5.74, 6) is 1.00. The molecule has 0 saturated carbocycles. The minimum absolute atomic E-state index is 0.00963. The average Bonchev–Trinajstić information content (AvgIpc) is 2.71. The molecule has 1 fully saturated rings. The number of anilines is 1. The van der Waals surface area contributed by atoms with E-state index in [1.165, 1.54) is 0 Å². The van der Waals surface area contributed by atoms with Crippen LogP contribution in [0.2, 0.25) is 0 Å². The van der Waals surface area contributed by atoms with E-state index < -0.39 is 0 Å². The maximum Gasteiger partial charge on any atom is 0.210 e. The third-order valence-corrected chi connectivity index (χ3v) is 4.75. The summed E-state index contributed by atoms with van der Waals surface area (Å²) in [5, 5.41) is 23.7. The third-order valence-electron chi connectivity index (χ3n) is 4.75. The van der Waals surface area contributed by atoms with Crippen molar-refractivity contribution in [2.45, 2.75) is 39.2 Å². The first-order chi connectivity index (χ1) is 13.6. The van der Waals surface area contributed by atoms with E-state index in [1.807, 2.05) is 30.3 Å². The average molecular weight is 380 g/mol. The predicted molar refractivity (Wildman–Crippen MR) is 106 cm³/mol. The molecule has 0 amide bonds. The summed E-state index contributed by atoms with van der Waals surface area (Å²) in [6.07, 6.45) is 2.61. The fraction of sp³-hybridized carbons (Fsp3) is 0.381. The summed E-state index contributed by atoms with van der Waals surface area (Å²) in [4.78, 5) is 3.94. The van der Waals surface area contributed by atoms with E-state index in [1.54, 1.807) is 12.3 Å². The van der Waals surface area contributed by atoms with Gasteiger partial charge in [-0.1, -0.05) is 44.2 Å². The van der Waals surface area contributed by atoms with Crippen LogP contribution in [0.15, 0.2) is 42.6 Å². The standard InChI is InChI=1S/C21H24N4O3/c1-13(2)21-27-10-9-19(28-21)23-20-16-6-4-3-5-15(16)17(24-25-20)11-14-7-8-18(26)22-12-14/h3-8,12-13,19,21H,9-11H2,1-2H3,(H,22,26)(H,23,25)/t19-,21+/m1/s1. The van der Waals surface area contributed by atoms with Crippen LogP contribution in [0.3, 0.4) is 0 Å². The maximum absolute atomic E-state index is 9.37. The van der Waals surface area contributed by atoms with Crippen molar-refractivity contribution in [1.82, 2.24) is 15.2 Å². The zero-order valence-corrected chi connectivity index (χ0v) is 16.0. The van der Waals surface area contributed by atoms with Crippen LogP contribution in [0.1, 0.15) is 31.5 Å². The maximum atomic E-state index is 9.37. The Morgan fingerprint density at radius 3 is 2.71 bits per heavy atom. The molecule has 2 aromatic heterocycles. The van der Waals surface area contributed by atoms with Crippen molar-refractivity contribution in [3.63, 3.8) is 0 Å². The molecule has 7 heteroatoms. The van der Waals surface area contributed by atoms with Gasteiger partial charge in [0.2, 0.25) is 5.88 Å². The quantitative estimate of drug-likeness (QED) is 0.700. The lowest BCUT2D eigenvalue weighted by atomic mass is 10.1. The first-order valence-electron chi connectivity index (χ1n) is 9.52. The molecule has 0 radical (unpaired) electrons. The molecule has 4 rings (SSSR count). The number of aromatic nitrogens is 3. The van der Waals surface area contributed by atoms with Crippen molar-refractivity contribution in [3.8, 4) is 5.88 Å². The van der Waals surface area contributed by atoms with E-state index in [0.717, 1.165) is 28.5 Å². The van der Waals surface area contributed by atoms with Crippen LogP contribution in [0.5, 0.6) is 5.88 Å². The molecule has 1 aromatic carbocycles. The van der Waals surface area contributed by atoms with Gasteiger partial charge >= 0.3 is 0 Å². The number of fused-ring (bicyclic) bond motifs is 1.